The van der Waals surface area contributed by atoms with Gasteiger partial charge in [0.1, 0.15) is 5.78 Å². The van der Waals surface area contributed by atoms with Gasteiger partial charge in [-0.15, -0.1) is 0 Å². The zero-order valence-corrected chi connectivity index (χ0v) is 14.7. The molecule has 1 fully saturated rings. The first-order chi connectivity index (χ1) is 8.45. The van der Waals surface area contributed by atoms with Crippen LogP contribution < -0.4 is 0 Å². The smallest absolute Gasteiger partial charge is 0.192 e. The highest BCUT2D eigenvalue weighted by molar-refractivity contribution is 6.74. The van der Waals surface area contributed by atoms with E-state index in [0.717, 1.165) is 12.0 Å². The minimum atomic E-state index is -1.81. The summed E-state index contributed by atoms with van der Waals surface area (Å²) in [5.41, 5.74) is 1.11. The first-order valence-corrected chi connectivity index (χ1v) is 10.2. The average molecular weight is 282 g/mol. The number of ketones is 1. The summed E-state index contributed by atoms with van der Waals surface area (Å²) < 4.78 is 6.48. The van der Waals surface area contributed by atoms with Gasteiger partial charge in [-0.05, 0) is 37.4 Å². The lowest BCUT2D eigenvalue weighted by Crippen LogP contribution is -2.48. The lowest BCUT2D eigenvalue weighted by molar-refractivity contribution is -0.129. The zero-order valence-electron chi connectivity index (χ0n) is 13.7. The van der Waals surface area contributed by atoms with E-state index in [1.54, 1.807) is 0 Å². The Balaban J connectivity index is 2.86. The minimum Gasteiger partial charge on any atom is -0.413 e. The molecule has 1 rings (SSSR count). The van der Waals surface area contributed by atoms with Crippen LogP contribution >= 0.6 is 0 Å². The van der Waals surface area contributed by atoms with E-state index in [4.69, 9.17) is 4.43 Å². The molecular formula is C16H30O2Si. The van der Waals surface area contributed by atoms with Crippen LogP contribution in [0.3, 0.4) is 0 Å². The predicted molar refractivity (Wildman–Crippen MR) is 83.8 cm³/mol. The van der Waals surface area contributed by atoms with Crippen molar-refractivity contribution in [2.75, 3.05) is 0 Å². The molecule has 0 N–H and O–H groups in total. The Morgan fingerprint density at radius 2 is 1.89 bits per heavy atom. The van der Waals surface area contributed by atoms with Crippen LogP contribution in [0.1, 0.15) is 47.5 Å². The Kier molecular flexibility index (Phi) is 4.84. The summed E-state index contributed by atoms with van der Waals surface area (Å²) in [7, 11) is -1.81. The van der Waals surface area contributed by atoms with Crippen molar-refractivity contribution in [3.8, 4) is 0 Å². The van der Waals surface area contributed by atoms with Crippen molar-refractivity contribution in [1.29, 1.82) is 0 Å². The second-order valence-electron chi connectivity index (χ2n) is 7.65. The van der Waals surface area contributed by atoms with Crippen LogP contribution in [0.25, 0.3) is 0 Å². The molecule has 0 aromatic carbocycles. The van der Waals surface area contributed by atoms with Gasteiger partial charge in [-0.1, -0.05) is 39.8 Å². The summed E-state index contributed by atoms with van der Waals surface area (Å²) in [4.78, 5) is 12.1. The standard InChI is InChI=1S/C16H30O2Si/c1-11(2)13-9-14(17)12(3)15(10-13)18-19(7,8)16(4,5)6/h12-13,15H,1,9-10H2,2-8H3/t12-,13?,15+/m1/s1. The number of carbonyl (C=O) groups is 1. The number of rotatable bonds is 3. The van der Waals surface area contributed by atoms with E-state index in [0.29, 0.717) is 18.1 Å². The molecule has 1 aliphatic carbocycles. The lowest BCUT2D eigenvalue weighted by atomic mass is 9.77. The van der Waals surface area contributed by atoms with Crippen molar-refractivity contribution in [3.63, 3.8) is 0 Å². The van der Waals surface area contributed by atoms with Gasteiger partial charge in [-0.25, -0.2) is 0 Å². The predicted octanol–water partition coefficient (Wildman–Crippen LogP) is 4.57. The molecule has 0 aliphatic heterocycles. The van der Waals surface area contributed by atoms with Gasteiger partial charge in [0.25, 0.3) is 0 Å². The summed E-state index contributed by atoms with van der Waals surface area (Å²) in [5, 5.41) is 0.186. The number of hydrogen-bond donors (Lipinski definition) is 0. The lowest BCUT2D eigenvalue weighted by Gasteiger charge is -2.43. The van der Waals surface area contributed by atoms with Gasteiger partial charge in [0.2, 0.25) is 0 Å². The zero-order chi connectivity index (χ0) is 15.0. The van der Waals surface area contributed by atoms with E-state index in [2.05, 4.69) is 40.4 Å². The Morgan fingerprint density at radius 1 is 1.37 bits per heavy atom. The molecule has 1 aliphatic rings. The number of hydrogen-bond acceptors (Lipinski definition) is 2. The number of allylic oxidation sites excluding steroid dienone is 1. The molecule has 0 aromatic rings. The van der Waals surface area contributed by atoms with Gasteiger partial charge in [-0.2, -0.15) is 0 Å². The maximum Gasteiger partial charge on any atom is 0.192 e. The first kappa shape index (κ1) is 16.6. The van der Waals surface area contributed by atoms with Gasteiger partial charge < -0.3 is 4.43 Å². The summed E-state index contributed by atoms with van der Waals surface area (Å²) >= 11 is 0. The third-order valence-electron chi connectivity index (χ3n) is 4.98. The van der Waals surface area contributed by atoms with Crippen LogP contribution in [0.5, 0.6) is 0 Å². The SMILES string of the molecule is C=C(C)C1CC(=O)[C@@H](C)[C@@H](O[Si](C)(C)C(C)(C)C)C1. The topological polar surface area (TPSA) is 26.3 Å². The van der Waals surface area contributed by atoms with Crippen LogP contribution in [0.2, 0.25) is 18.1 Å². The van der Waals surface area contributed by atoms with Crippen molar-refractivity contribution in [2.24, 2.45) is 11.8 Å². The van der Waals surface area contributed by atoms with Crippen molar-refractivity contribution in [2.45, 2.75) is 71.7 Å². The molecule has 0 radical (unpaired) electrons. The van der Waals surface area contributed by atoms with Gasteiger partial charge in [0.15, 0.2) is 8.32 Å². The van der Waals surface area contributed by atoms with Gasteiger partial charge >= 0.3 is 0 Å². The van der Waals surface area contributed by atoms with E-state index >= 15 is 0 Å². The fourth-order valence-electron chi connectivity index (χ4n) is 2.28. The van der Waals surface area contributed by atoms with E-state index < -0.39 is 8.32 Å². The fraction of sp³-hybridized carbons (Fsp3) is 0.812. The third kappa shape index (κ3) is 3.79. The minimum absolute atomic E-state index is 0.0322. The normalized spacial score (nSPS) is 29.4. The fourth-order valence-corrected chi connectivity index (χ4v) is 3.70. The highest BCUT2D eigenvalue weighted by Gasteiger charge is 2.43. The van der Waals surface area contributed by atoms with Crippen molar-refractivity contribution in [3.05, 3.63) is 12.2 Å². The first-order valence-electron chi connectivity index (χ1n) is 7.31. The van der Waals surface area contributed by atoms with Crippen molar-refractivity contribution in [1.82, 2.24) is 0 Å². The molecular weight excluding hydrogens is 252 g/mol. The molecule has 0 spiro atoms. The Bertz CT molecular complexity index is 365. The largest absolute Gasteiger partial charge is 0.413 e. The maximum atomic E-state index is 12.1. The van der Waals surface area contributed by atoms with Crippen LogP contribution in [-0.4, -0.2) is 20.2 Å². The van der Waals surface area contributed by atoms with E-state index in [1.807, 2.05) is 13.8 Å². The van der Waals surface area contributed by atoms with Gasteiger partial charge in [-0.3, -0.25) is 4.79 Å². The molecule has 1 saturated carbocycles. The van der Waals surface area contributed by atoms with Crippen molar-refractivity contribution >= 4 is 14.1 Å². The summed E-state index contributed by atoms with van der Waals surface area (Å²) in [5.74, 6) is 0.672. The molecule has 0 bridgehead atoms. The molecule has 2 nitrogen and oxygen atoms in total. The Hall–Kier alpha value is -0.413. The second-order valence-corrected chi connectivity index (χ2v) is 12.4. The van der Waals surface area contributed by atoms with Gasteiger partial charge in [0.05, 0.1) is 6.10 Å². The number of Topliss-reactive ketones (excluding diaryl/α,β-unsaturated/α-hetero) is 1. The molecule has 3 heteroatoms. The van der Waals surface area contributed by atoms with E-state index in [9.17, 15) is 4.79 Å². The van der Waals surface area contributed by atoms with E-state index in [-0.39, 0.29) is 17.1 Å². The van der Waals surface area contributed by atoms with Crippen LogP contribution in [0.4, 0.5) is 0 Å². The number of carbonyl (C=O) groups excluding carboxylic acids is 1. The molecule has 0 heterocycles. The van der Waals surface area contributed by atoms with Gasteiger partial charge in [0, 0.05) is 12.3 Å². The van der Waals surface area contributed by atoms with Crippen LogP contribution in [0, 0.1) is 11.8 Å². The molecule has 0 aromatic heterocycles. The summed E-state index contributed by atoms with van der Waals surface area (Å²) in [6.07, 6.45) is 1.67. The molecule has 0 saturated heterocycles. The van der Waals surface area contributed by atoms with Crippen molar-refractivity contribution < 1.29 is 9.22 Å². The monoisotopic (exact) mass is 282 g/mol. The molecule has 1 unspecified atom stereocenters. The quantitative estimate of drug-likeness (QED) is 0.560. The molecule has 110 valence electrons. The molecule has 0 amide bonds. The summed E-state index contributed by atoms with van der Waals surface area (Å²) in [6, 6.07) is 0. The highest BCUT2D eigenvalue weighted by Crippen LogP contribution is 2.41. The Labute approximate surface area is 119 Å². The van der Waals surface area contributed by atoms with Crippen LogP contribution in [-0.2, 0) is 9.22 Å². The second kappa shape index (κ2) is 5.53. The van der Waals surface area contributed by atoms with Crippen LogP contribution in [0.15, 0.2) is 12.2 Å². The Morgan fingerprint density at radius 3 is 2.32 bits per heavy atom. The maximum absolute atomic E-state index is 12.1. The third-order valence-corrected chi connectivity index (χ3v) is 9.48. The average Bonchev–Trinajstić information content (AvgIpc) is 2.22. The highest BCUT2D eigenvalue weighted by atomic mass is 28.4. The van der Waals surface area contributed by atoms with E-state index in [1.165, 1.54) is 0 Å². The summed E-state index contributed by atoms with van der Waals surface area (Å²) in [6.45, 7) is 19.3. The molecule has 3 atom stereocenters. The molecule has 19 heavy (non-hydrogen) atoms.